The summed E-state index contributed by atoms with van der Waals surface area (Å²) in [5.41, 5.74) is 0.774. The molecule has 0 unspecified atom stereocenters. The first-order chi connectivity index (χ1) is 9.94. The number of nitrogens with zero attached hydrogens (tertiary/aromatic N) is 1. The third-order valence-electron chi connectivity index (χ3n) is 5.27. The lowest BCUT2D eigenvalue weighted by Crippen LogP contribution is -2.49. The van der Waals surface area contributed by atoms with Gasteiger partial charge in [0.05, 0.1) is 0 Å². The number of rotatable bonds is 7. The van der Waals surface area contributed by atoms with Crippen LogP contribution in [-0.4, -0.2) is 36.1 Å². The van der Waals surface area contributed by atoms with E-state index in [1.54, 1.807) is 0 Å². The first kappa shape index (κ1) is 17.3. The summed E-state index contributed by atoms with van der Waals surface area (Å²) < 4.78 is 0. The molecule has 0 radical (unpaired) electrons. The number of hydrogen-bond donors (Lipinski definition) is 1. The fraction of sp³-hybridized carbons (Fsp3) is 1.00. The molecule has 0 heterocycles. The Balaban J connectivity index is 2.02. The molecule has 124 valence electrons. The summed E-state index contributed by atoms with van der Waals surface area (Å²) >= 11 is 0. The van der Waals surface area contributed by atoms with Gasteiger partial charge in [-0.05, 0) is 64.8 Å². The Kier molecular flexibility index (Phi) is 6.14. The Morgan fingerprint density at radius 3 is 2.14 bits per heavy atom. The smallest absolute Gasteiger partial charge is 0.00967 e. The van der Waals surface area contributed by atoms with E-state index in [0.717, 1.165) is 6.04 Å². The minimum Gasteiger partial charge on any atom is -0.311 e. The van der Waals surface area contributed by atoms with Crippen LogP contribution in [0.15, 0.2) is 0 Å². The molecule has 0 aromatic carbocycles. The second-order valence-electron chi connectivity index (χ2n) is 8.72. The molecule has 2 saturated carbocycles. The summed E-state index contributed by atoms with van der Waals surface area (Å²) in [6.45, 7) is 13.1. The van der Waals surface area contributed by atoms with Crippen LogP contribution in [0.2, 0.25) is 0 Å². The molecule has 0 spiro atoms. The quantitative estimate of drug-likeness (QED) is 0.691. The van der Waals surface area contributed by atoms with E-state index >= 15 is 0 Å². The summed E-state index contributed by atoms with van der Waals surface area (Å²) in [6.07, 6.45) is 12.9. The SMILES string of the molecule is CCCN(CC1(CNC(C)(C)C)CCCCCC1)C1CC1. The van der Waals surface area contributed by atoms with E-state index in [0.29, 0.717) is 5.41 Å². The highest BCUT2D eigenvalue weighted by atomic mass is 15.2. The van der Waals surface area contributed by atoms with Crippen molar-refractivity contribution in [2.75, 3.05) is 19.6 Å². The molecule has 2 rings (SSSR count). The van der Waals surface area contributed by atoms with Crippen LogP contribution >= 0.6 is 0 Å². The third kappa shape index (κ3) is 5.90. The van der Waals surface area contributed by atoms with Crippen LogP contribution in [0.25, 0.3) is 0 Å². The second-order valence-corrected chi connectivity index (χ2v) is 8.72. The van der Waals surface area contributed by atoms with Gasteiger partial charge in [-0.1, -0.05) is 32.6 Å². The van der Waals surface area contributed by atoms with E-state index in [-0.39, 0.29) is 5.54 Å². The van der Waals surface area contributed by atoms with Crippen molar-refractivity contribution in [3.63, 3.8) is 0 Å². The Morgan fingerprint density at radius 2 is 1.67 bits per heavy atom. The van der Waals surface area contributed by atoms with Crippen molar-refractivity contribution in [2.24, 2.45) is 5.41 Å². The third-order valence-corrected chi connectivity index (χ3v) is 5.27. The predicted molar refractivity (Wildman–Crippen MR) is 92.8 cm³/mol. The van der Waals surface area contributed by atoms with Gasteiger partial charge in [-0.3, -0.25) is 4.90 Å². The van der Waals surface area contributed by atoms with Crippen molar-refractivity contribution < 1.29 is 0 Å². The lowest BCUT2D eigenvalue weighted by Gasteiger charge is -2.40. The van der Waals surface area contributed by atoms with Crippen molar-refractivity contribution in [2.45, 2.75) is 97.1 Å². The first-order valence-corrected chi connectivity index (χ1v) is 9.43. The fourth-order valence-electron chi connectivity index (χ4n) is 3.87. The molecule has 0 aliphatic heterocycles. The van der Waals surface area contributed by atoms with Crippen LogP contribution < -0.4 is 5.32 Å². The molecule has 2 nitrogen and oxygen atoms in total. The number of nitrogens with one attached hydrogen (secondary N) is 1. The molecule has 0 saturated heterocycles. The zero-order valence-electron chi connectivity index (χ0n) is 15.0. The molecule has 0 aromatic heterocycles. The lowest BCUT2D eigenvalue weighted by atomic mass is 9.79. The van der Waals surface area contributed by atoms with E-state index in [9.17, 15) is 0 Å². The zero-order valence-corrected chi connectivity index (χ0v) is 15.0. The van der Waals surface area contributed by atoms with Crippen LogP contribution in [0.1, 0.15) is 85.5 Å². The normalized spacial score (nSPS) is 23.3. The van der Waals surface area contributed by atoms with Crippen LogP contribution in [0, 0.1) is 5.41 Å². The molecule has 1 N–H and O–H groups in total. The second kappa shape index (κ2) is 7.46. The van der Waals surface area contributed by atoms with Crippen molar-refractivity contribution in [3.8, 4) is 0 Å². The minimum atomic E-state index is 0.245. The van der Waals surface area contributed by atoms with Crippen molar-refractivity contribution in [1.82, 2.24) is 10.2 Å². The van der Waals surface area contributed by atoms with Crippen LogP contribution in [0.3, 0.4) is 0 Å². The molecule has 2 aliphatic rings. The number of hydrogen-bond acceptors (Lipinski definition) is 2. The highest BCUT2D eigenvalue weighted by Gasteiger charge is 2.38. The van der Waals surface area contributed by atoms with Gasteiger partial charge in [0.1, 0.15) is 0 Å². The van der Waals surface area contributed by atoms with Gasteiger partial charge in [0.2, 0.25) is 0 Å². The van der Waals surface area contributed by atoms with Gasteiger partial charge < -0.3 is 5.32 Å². The molecule has 0 aromatic rings. The summed E-state index contributed by atoms with van der Waals surface area (Å²) in [4.78, 5) is 2.83. The zero-order chi connectivity index (χ0) is 15.3. The predicted octanol–water partition coefficient (Wildman–Crippen LogP) is 4.59. The summed E-state index contributed by atoms with van der Waals surface area (Å²) in [5.74, 6) is 0. The maximum absolute atomic E-state index is 3.84. The molecule has 0 bridgehead atoms. The highest BCUT2D eigenvalue weighted by molar-refractivity contribution is 4.93. The average molecular weight is 295 g/mol. The molecule has 2 fully saturated rings. The topological polar surface area (TPSA) is 15.3 Å². The average Bonchev–Trinajstić information content (AvgIpc) is 3.23. The van der Waals surface area contributed by atoms with Gasteiger partial charge in [0.25, 0.3) is 0 Å². The highest BCUT2D eigenvalue weighted by Crippen LogP contribution is 2.38. The van der Waals surface area contributed by atoms with Crippen LogP contribution in [0.4, 0.5) is 0 Å². The molecule has 2 aliphatic carbocycles. The minimum absolute atomic E-state index is 0.245. The van der Waals surface area contributed by atoms with E-state index in [1.807, 2.05) is 0 Å². The van der Waals surface area contributed by atoms with Gasteiger partial charge in [0, 0.05) is 24.7 Å². The van der Waals surface area contributed by atoms with Crippen molar-refractivity contribution >= 4 is 0 Å². The molecule has 21 heavy (non-hydrogen) atoms. The molecule has 2 heteroatoms. The largest absolute Gasteiger partial charge is 0.311 e. The Bertz CT molecular complexity index is 293. The molecular weight excluding hydrogens is 256 g/mol. The van der Waals surface area contributed by atoms with Crippen LogP contribution in [-0.2, 0) is 0 Å². The summed E-state index contributed by atoms with van der Waals surface area (Å²) in [5, 5.41) is 3.84. The van der Waals surface area contributed by atoms with E-state index in [2.05, 4.69) is 37.9 Å². The van der Waals surface area contributed by atoms with Crippen molar-refractivity contribution in [3.05, 3.63) is 0 Å². The molecule has 0 amide bonds. The van der Waals surface area contributed by atoms with E-state index in [4.69, 9.17) is 0 Å². The maximum Gasteiger partial charge on any atom is 0.00967 e. The van der Waals surface area contributed by atoms with Crippen molar-refractivity contribution in [1.29, 1.82) is 0 Å². The maximum atomic E-state index is 3.84. The molecular formula is C19H38N2. The van der Waals surface area contributed by atoms with Gasteiger partial charge in [0.15, 0.2) is 0 Å². The van der Waals surface area contributed by atoms with E-state index in [1.165, 1.54) is 77.4 Å². The van der Waals surface area contributed by atoms with Gasteiger partial charge in [-0.15, -0.1) is 0 Å². The Morgan fingerprint density at radius 1 is 1.05 bits per heavy atom. The summed E-state index contributed by atoms with van der Waals surface area (Å²) in [6, 6.07) is 0.916. The summed E-state index contributed by atoms with van der Waals surface area (Å²) in [7, 11) is 0. The van der Waals surface area contributed by atoms with Gasteiger partial charge in [-0.2, -0.15) is 0 Å². The Hall–Kier alpha value is -0.0800. The first-order valence-electron chi connectivity index (χ1n) is 9.43. The molecule has 0 atom stereocenters. The standard InChI is InChI=1S/C19H38N2/c1-5-14-21(17-10-11-17)16-19(15-20-18(2,3)4)12-8-6-7-9-13-19/h17,20H,5-16H2,1-4H3. The monoisotopic (exact) mass is 294 g/mol. The fourth-order valence-corrected chi connectivity index (χ4v) is 3.87. The van der Waals surface area contributed by atoms with Crippen LogP contribution in [0.5, 0.6) is 0 Å². The van der Waals surface area contributed by atoms with Gasteiger partial charge in [-0.25, -0.2) is 0 Å². The van der Waals surface area contributed by atoms with E-state index < -0.39 is 0 Å². The van der Waals surface area contributed by atoms with Gasteiger partial charge >= 0.3 is 0 Å². The lowest BCUT2D eigenvalue weighted by molar-refractivity contribution is 0.113. The Labute approximate surface area is 133 Å².